The molecular weight excluding hydrogens is 311 g/mol. The Kier molecular flexibility index (Phi) is 5.46. The first-order chi connectivity index (χ1) is 10.8. The van der Waals surface area contributed by atoms with Crippen molar-refractivity contribution in [3.05, 3.63) is 34.2 Å². The lowest BCUT2D eigenvalue weighted by atomic mass is 10.1. The van der Waals surface area contributed by atoms with Crippen LogP contribution in [0.15, 0.2) is 23.0 Å². The first kappa shape index (κ1) is 17.5. The Hall–Kier alpha value is -1.83. The van der Waals surface area contributed by atoms with Gasteiger partial charge in [0.15, 0.2) is 0 Å². The Morgan fingerprint density at radius 3 is 2.78 bits per heavy atom. The molecule has 1 aliphatic rings. The second-order valence-corrected chi connectivity index (χ2v) is 5.78. The van der Waals surface area contributed by atoms with Crippen LogP contribution in [-0.2, 0) is 0 Å². The monoisotopic (exact) mass is 331 g/mol. The summed E-state index contributed by atoms with van der Waals surface area (Å²) in [5.74, 6) is -0.277. The van der Waals surface area contributed by atoms with Gasteiger partial charge in [-0.1, -0.05) is 13.0 Å². The number of pyridine rings is 1. The number of amides is 1. The van der Waals surface area contributed by atoms with Crippen LogP contribution in [0.25, 0.3) is 0 Å². The Balaban J connectivity index is 1.93. The van der Waals surface area contributed by atoms with Gasteiger partial charge in [0.2, 0.25) is 5.56 Å². The van der Waals surface area contributed by atoms with Crippen LogP contribution in [0.2, 0.25) is 0 Å². The van der Waals surface area contributed by atoms with Crippen molar-refractivity contribution in [1.82, 2.24) is 14.8 Å². The van der Waals surface area contributed by atoms with Crippen LogP contribution in [0, 0.1) is 5.92 Å². The molecule has 8 heteroatoms. The molecular formula is C15H20F3N3O2. The fraction of sp³-hybridized carbons (Fsp3) is 0.600. The average molecular weight is 331 g/mol. The number of nitrogens with zero attached hydrogens (tertiary/aromatic N) is 2. The lowest BCUT2D eigenvalue weighted by Crippen LogP contribution is -2.38. The van der Waals surface area contributed by atoms with E-state index in [-0.39, 0.29) is 23.1 Å². The van der Waals surface area contributed by atoms with Crippen molar-refractivity contribution in [3.63, 3.8) is 0 Å². The van der Waals surface area contributed by atoms with Gasteiger partial charge in [-0.25, -0.2) is 0 Å². The number of halogens is 3. The second-order valence-electron chi connectivity index (χ2n) is 5.78. The molecule has 2 rings (SSSR count). The summed E-state index contributed by atoms with van der Waals surface area (Å²) in [6.45, 7) is 2.29. The number of alkyl halides is 3. The van der Waals surface area contributed by atoms with E-state index in [1.807, 2.05) is 0 Å². The minimum absolute atomic E-state index is 0.0108. The van der Waals surface area contributed by atoms with E-state index in [0.717, 1.165) is 0 Å². The minimum Gasteiger partial charge on any atom is -0.337 e. The predicted octanol–water partition coefficient (Wildman–Crippen LogP) is 1.72. The number of H-pyrrole nitrogens is 1. The average Bonchev–Trinajstić information content (AvgIpc) is 2.92. The molecule has 0 radical (unpaired) electrons. The zero-order valence-corrected chi connectivity index (χ0v) is 12.9. The molecule has 0 spiro atoms. The summed E-state index contributed by atoms with van der Waals surface area (Å²) in [4.78, 5) is 28.9. The Morgan fingerprint density at radius 2 is 2.17 bits per heavy atom. The summed E-state index contributed by atoms with van der Waals surface area (Å²) >= 11 is 0. The molecule has 1 atom stereocenters. The van der Waals surface area contributed by atoms with Gasteiger partial charge in [0.05, 0.1) is 6.54 Å². The number of carbonyl (C=O) groups is 1. The predicted molar refractivity (Wildman–Crippen MR) is 79.2 cm³/mol. The highest BCUT2D eigenvalue weighted by Crippen LogP contribution is 2.22. The molecule has 1 aromatic rings. The smallest absolute Gasteiger partial charge is 0.337 e. The van der Waals surface area contributed by atoms with E-state index in [1.165, 1.54) is 23.1 Å². The molecule has 0 aromatic carbocycles. The third kappa shape index (κ3) is 5.09. The van der Waals surface area contributed by atoms with Crippen molar-refractivity contribution in [1.29, 1.82) is 0 Å². The van der Waals surface area contributed by atoms with Crippen molar-refractivity contribution >= 4 is 5.91 Å². The Labute approximate surface area is 132 Å². The van der Waals surface area contributed by atoms with Crippen LogP contribution in [0.5, 0.6) is 0 Å². The molecule has 0 saturated carbocycles. The molecule has 2 heterocycles. The molecule has 1 unspecified atom stereocenters. The van der Waals surface area contributed by atoms with E-state index in [1.54, 1.807) is 11.8 Å². The summed E-state index contributed by atoms with van der Waals surface area (Å²) in [6.07, 6.45) is -3.55. The molecule has 0 bridgehead atoms. The van der Waals surface area contributed by atoms with E-state index in [9.17, 15) is 22.8 Å². The first-order valence-electron chi connectivity index (χ1n) is 7.56. The maximum Gasteiger partial charge on any atom is 0.401 e. The zero-order valence-electron chi connectivity index (χ0n) is 12.9. The molecule has 1 N–H and O–H groups in total. The van der Waals surface area contributed by atoms with Gasteiger partial charge in [0, 0.05) is 25.7 Å². The summed E-state index contributed by atoms with van der Waals surface area (Å²) < 4.78 is 37.5. The van der Waals surface area contributed by atoms with Gasteiger partial charge >= 0.3 is 6.18 Å². The van der Waals surface area contributed by atoms with Crippen LogP contribution in [-0.4, -0.2) is 59.6 Å². The van der Waals surface area contributed by atoms with Crippen LogP contribution >= 0.6 is 0 Å². The van der Waals surface area contributed by atoms with Gasteiger partial charge < -0.3 is 9.88 Å². The van der Waals surface area contributed by atoms with E-state index in [4.69, 9.17) is 0 Å². The fourth-order valence-electron chi connectivity index (χ4n) is 2.83. The molecule has 1 aliphatic heterocycles. The highest BCUT2D eigenvalue weighted by Gasteiger charge is 2.33. The van der Waals surface area contributed by atoms with E-state index in [2.05, 4.69) is 4.98 Å². The number of likely N-dealkylation sites (tertiary alicyclic amines) is 1. The lowest BCUT2D eigenvalue weighted by Gasteiger charge is -2.25. The van der Waals surface area contributed by atoms with Crippen molar-refractivity contribution in [2.75, 3.05) is 32.7 Å². The SMILES string of the molecule is CCN(CC1CCN(C(=O)c2cccc(=O)[nH]2)C1)CC(F)(F)F. The van der Waals surface area contributed by atoms with Crippen molar-refractivity contribution in [3.8, 4) is 0 Å². The normalized spacial score (nSPS) is 18.7. The molecule has 1 saturated heterocycles. The van der Waals surface area contributed by atoms with Crippen LogP contribution in [0.3, 0.4) is 0 Å². The van der Waals surface area contributed by atoms with Crippen LogP contribution < -0.4 is 5.56 Å². The summed E-state index contributed by atoms with van der Waals surface area (Å²) in [5, 5.41) is 0. The molecule has 1 amide bonds. The molecule has 1 aromatic heterocycles. The number of rotatable bonds is 5. The van der Waals surface area contributed by atoms with Crippen LogP contribution in [0.4, 0.5) is 13.2 Å². The summed E-state index contributed by atoms with van der Waals surface area (Å²) in [7, 11) is 0. The van der Waals surface area contributed by atoms with Crippen molar-refractivity contribution in [2.45, 2.75) is 19.5 Å². The molecule has 23 heavy (non-hydrogen) atoms. The van der Waals surface area contributed by atoms with Crippen molar-refractivity contribution < 1.29 is 18.0 Å². The quantitative estimate of drug-likeness (QED) is 0.894. The van der Waals surface area contributed by atoms with E-state index < -0.39 is 12.7 Å². The molecule has 128 valence electrons. The van der Waals surface area contributed by atoms with Gasteiger partial charge in [-0.3, -0.25) is 14.5 Å². The fourth-order valence-corrected chi connectivity index (χ4v) is 2.83. The van der Waals surface area contributed by atoms with Gasteiger partial charge in [-0.2, -0.15) is 13.2 Å². The molecule has 0 aliphatic carbocycles. The third-order valence-electron chi connectivity index (χ3n) is 3.94. The maximum absolute atomic E-state index is 12.5. The van der Waals surface area contributed by atoms with Crippen molar-refractivity contribution in [2.24, 2.45) is 5.92 Å². The third-order valence-corrected chi connectivity index (χ3v) is 3.94. The zero-order chi connectivity index (χ0) is 17.0. The lowest BCUT2D eigenvalue weighted by molar-refractivity contribution is -0.146. The summed E-state index contributed by atoms with van der Waals surface area (Å²) in [6, 6.07) is 4.35. The van der Waals surface area contributed by atoms with E-state index >= 15 is 0 Å². The number of hydrogen-bond acceptors (Lipinski definition) is 3. The van der Waals surface area contributed by atoms with Gasteiger partial charge in [-0.05, 0) is 24.9 Å². The van der Waals surface area contributed by atoms with Gasteiger partial charge in [-0.15, -0.1) is 0 Å². The topological polar surface area (TPSA) is 56.4 Å². The van der Waals surface area contributed by atoms with Gasteiger partial charge in [0.1, 0.15) is 5.69 Å². The van der Waals surface area contributed by atoms with Gasteiger partial charge in [0.25, 0.3) is 5.91 Å². The molecule has 1 fully saturated rings. The van der Waals surface area contributed by atoms with E-state index in [0.29, 0.717) is 32.6 Å². The minimum atomic E-state index is -4.21. The number of nitrogens with one attached hydrogen (secondary N) is 1. The number of aromatic nitrogens is 1. The molecule has 5 nitrogen and oxygen atoms in total. The standard InChI is InChI=1S/C15H20F3N3O2/c1-2-20(10-15(16,17)18)8-11-6-7-21(9-11)14(23)12-4-3-5-13(22)19-12/h3-5,11H,2,6-10H2,1H3,(H,19,22). The first-order valence-corrected chi connectivity index (χ1v) is 7.56. The number of aromatic amines is 1. The number of hydrogen-bond donors (Lipinski definition) is 1. The van der Waals surface area contributed by atoms with Crippen LogP contribution in [0.1, 0.15) is 23.8 Å². The Morgan fingerprint density at radius 1 is 1.43 bits per heavy atom. The highest BCUT2D eigenvalue weighted by molar-refractivity contribution is 5.92. The second kappa shape index (κ2) is 7.16. The summed E-state index contributed by atoms with van der Waals surface area (Å²) in [5.41, 5.74) is -0.144. The Bertz CT molecular complexity index is 600. The maximum atomic E-state index is 12.5. The largest absolute Gasteiger partial charge is 0.401 e. The highest BCUT2D eigenvalue weighted by atomic mass is 19.4. The number of carbonyl (C=O) groups excluding carboxylic acids is 1.